The predicted octanol–water partition coefficient (Wildman–Crippen LogP) is 11.7. The maximum Gasteiger partial charge on any atom is 0.135 e. The van der Waals surface area contributed by atoms with E-state index in [1.807, 2.05) is 12.1 Å². The van der Waals surface area contributed by atoms with Crippen molar-refractivity contribution in [3.8, 4) is 0 Å². The molecule has 46 heavy (non-hydrogen) atoms. The summed E-state index contributed by atoms with van der Waals surface area (Å²) in [6.45, 7) is 0. The fourth-order valence-corrected chi connectivity index (χ4v) is 7.60. The lowest BCUT2D eigenvalue weighted by Crippen LogP contribution is -2.29. The summed E-state index contributed by atoms with van der Waals surface area (Å²) in [5.41, 5.74) is 12.3. The van der Waals surface area contributed by atoms with E-state index in [4.69, 9.17) is 4.42 Å². The van der Waals surface area contributed by atoms with Crippen LogP contribution in [0.4, 0.5) is 17.1 Å². The van der Waals surface area contributed by atoms with Crippen LogP contribution in [0.3, 0.4) is 0 Å². The molecule has 2 heteroatoms. The molecule has 2 aliphatic rings. The molecular formula is C44H31NO. The van der Waals surface area contributed by atoms with Crippen LogP contribution in [0.1, 0.15) is 28.7 Å². The van der Waals surface area contributed by atoms with Gasteiger partial charge in [0.25, 0.3) is 0 Å². The van der Waals surface area contributed by atoms with E-state index in [1.54, 1.807) is 0 Å². The standard InChI is InChI=1S/C44H31NO/c1-5-15-31(16-6-1)44(32-17-7-2-8-18-32)40-23-12-4-11-21-36(40)37-27-25-35(30-41(37)44)45(33-19-9-3-10-20-33)34-26-28-43-39(29-34)38-22-13-14-24-42(38)46-43/h1-3,5-30H,4H2. The van der Waals surface area contributed by atoms with Gasteiger partial charge in [-0.1, -0.05) is 127 Å². The number of para-hydroxylation sites is 2. The number of benzene rings is 6. The average Bonchev–Trinajstić information content (AvgIpc) is 3.50. The number of furan rings is 1. The van der Waals surface area contributed by atoms with E-state index in [2.05, 4.69) is 169 Å². The van der Waals surface area contributed by atoms with Gasteiger partial charge in [-0.25, -0.2) is 0 Å². The first kappa shape index (κ1) is 26.5. The number of anilines is 3. The Kier molecular flexibility index (Phi) is 6.14. The van der Waals surface area contributed by atoms with Gasteiger partial charge in [0.2, 0.25) is 0 Å². The summed E-state index contributed by atoms with van der Waals surface area (Å²) < 4.78 is 6.21. The van der Waals surface area contributed by atoms with Crippen LogP contribution in [-0.2, 0) is 5.41 Å². The van der Waals surface area contributed by atoms with Gasteiger partial charge in [-0.05, 0) is 88.4 Å². The summed E-state index contributed by atoms with van der Waals surface area (Å²) in [5, 5.41) is 2.24. The fourth-order valence-electron chi connectivity index (χ4n) is 7.60. The minimum atomic E-state index is -0.471. The van der Waals surface area contributed by atoms with Crippen LogP contribution in [0.2, 0.25) is 0 Å². The molecule has 9 rings (SSSR count). The Morgan fingerprint density at radius 3 is 1.87 bits per heavy atom. The molecule has 0 saturated carbocycles. The molecule has 0 radical (unpaired) electrons. The highest BCUT2D eigenvalue weighted by molar-refractivity contribution is 6.06. The molecule has 1 aromatic heterocycles. The van der Waals surface area contributed by atoms with Gasteiger partial charge >= 0.3 is 0 Å². The van der Waals surface area contributed by atoms with E-state index < -0.39 is 5.41 Å². The number of nitrogens with zero attached hydrogens (tertiary/aromatic N) is 1. The zero-order valence-electron chi connectivity index (χ0n) is 25.3. The molecule has 218 valence electrons. The second kappa shape index (κ2) is 10.6. The van der Waals surface area contributed by atoms with Crippen molar-refractivity contribution >= 4 is 44.6 Å². The van der Waals surface area contributed by atoms with Crippen LogP contribution in [-0.4, -0.2) is 0 Å². The lowest BCUT2D eigenvalue weighted by Gasteiger charge is -2.35. The van der Waals surface area contributed by atoms with Crippen molar-refractivity contribution in [3.05, 3.63) is 204 Å². The van der Waals surface area contributed by atoms with Crippen molar-refractivity contribution in [3.63, 3.8) is 0 Å². The second-order valence-corrected chi connectivity index (χ2v) is 12.0. The molecule has 0 amide bonds. The Balaban J connectivity index is 1.33. The molecular weight excluding hydrogens is 558 g/mol. The predicted molar refractivity (Wildman–Crippen MR) is 191 cm³/mol. The molecule has 1 heterocycles. The lowest BCUT2D eigenvalue weighted by atomic mass is 9.66. The summed E-state index contributed by atoms with van der Waals surface area (Å²) in [4.78, 5) is 2.37. The second-order valence-electron chi connectivity index (χ2n) is 12.0. The Morgan fingerprint density at radius 1 is 0.500 bits per heavy atom. The minimum Gasteiger partial charge on any atom is -0.456 e. The van der Waals surface area contributed by atoms with Crippen molar-refractivity contribution < 1.29 is 4.42 Å². The Hall–Kier alpha value is -5.86. The third-order valence-corrected chi connectivity index (χ3v) is 9.54. The van der Waals surface area contributed by atoms with Crippen LogP contribution >= 0.6 is 0 Å². The van der Waals surface area contributed by atoms with Gasteiger partial charge in [0, 0.05) is 27.8 Å². The van der Waals surface area contributed by atoms with Crippen LogP contribution in [0.25, 0.3) is 27.5 Å². The number of fused-ring (bicyclic) bond motifs is 5. The minimum absolute atomic E-state index is 0.471. The van der Waals surface area contributed by atoms with Gasteiger partial charge in [-0.3, -0.25) is 0 Å². The monoisotopic (exact) mass is 589 g/mol. The molecule has 6 aromatic carbocycles. The highest BCUT2D eigenvalue weighted by Crippen LogP contribution is 2.57. The van der Waals surface area contributed by atoms with Gasteiger partial charge < -0.3 is 9.32 Å². The number of rotatable bonds is 5. The number of allylic oxidation sites excluding steroid dienone is 6. The molecule has 7 aromatic rings. The quantitative estimate of drug-likeness (QED) is 0.199. The first-order chi connectivity index (χ1) is 22.8. The van der Waals surface area contributed by atoms with Crippen LogP contribution in [0, 0.1) is 0 Å². The van der Waals surface area contributed by atoms with E-state index >= 15 is 0 Å². The zero-order valence-corrected chi connectivity index (χ0v) is 25.3. The highest BCUT2D eigenvalue weighted by Gasteiger charge is 2.46. The lowest BCUT2D eigenvalue weighted by molar-refractivity contribution is 0.669. The maximum absolute atomic E-state index is 6.21. The normalized spacial score (nSPS) is 14.8. The van der Waals surface area contributed by atoms with Gasteiger partial charge in [0.05, 0.1) is 5.41 Å². The van der Waals surface area contributed by atoms with Gasteiger partial charge in [-0.15, -0.1) is 0 Å². The third kappa shape index (κ3) is 3.97. The van der Waals surface area contributed by atoms with Gasteiger partial charge in [-0.2, -0.15) is 0 Å². The van der Waals surface area contributed by atoms with E-state index in [-0.39, 0.29) is 0 Å². The smallest absolute Gasteiger partial charge is 0.135 e. The summed E-state index contributed by atoms with van der Waals surface area (Å²) >= 11 is 0. The first-order valence-electron chi connectivity index (χ1n) is 15.9. The Morgan fingerprint density at radius 2 is 1.11 bits per heavy atom. The van der Waals surface area contributed by atoms with Crippen molar-refractivity contribution in [2.45, 2.75) is 11.8 Å². The molecule has 0 fully saturated rings. The molecule has 0 spiro atoms. The summed E-state index contributed by atoms with van der Waals surface area (Å²) in [7, 11) is 0. The topological polar surface area (TPSA) is 16.4 Å². The van der Waals surface area contributed by atoms with Gasteiger partial charge in [0.15, 0.2) is 0 Å². The highest BCUT2D eigenvalue weighted by atomic mass is 16.3. The van der Waals surface area contributed by atoms with E-state index in [9.17, 15) is 0 Å². The van der Waals surface area contributed by atoms with E-state index in [1.165, 1.54) is 33.4 Å². The van der Waals surface area contributed by atoms with E-state index in [0.29, 0.717) is 0 Å². The molecule has 0 bridgehead atoms. The van der Waals surface area contributed by atoms with Crippen molar-refractivity contribution in [1.82, 2.24) is 0 Å². The largest absolute Gasteiger partial charge is 0.456 e. The van der Waals surface area contributed by atoms with Crippen LogP contribution in [0.15, 0.2) is 186 Å². The third-order valence-electron chi connectivity index (χ3n) is 9.54. The van der Waals surface area contributed by atoms with E-state index in [0.717, 1.165) is 45.4 Å². The van der Waals surface area contributed by atoms with Gasteiger partial charge in [0.1, 0.15) is 11.2 Å². The molecule has 2 nitrogen and oxygen atoms in total. The molecule has 0 atom stereocenters. The van der Waals surface area contributed by atoms with Crippen LogP contribution < -0.4 is 4.90 Å². The first-order valence-corrected chi connectivity index (χ1v) is 15.9. The average molecular weight is 590 g/mol. The summed E-state index contributed by atoms with van der Waals surface area (Å²) in [6, 6.07) is 54.6. The number of hydrogen-bond donors (Lipinski definition) is 0. The molecule has 2 aliphatic carbocycles. The Labute approximate surface area is 268 Å². The van der Waals surface area contributed by atoms with Crippen LogP contribution in [0.5, 0.6) is 0 Å². The Bertz CT molecular complexity index is 2290. The molecule has 0 unspecified atom stereocenters. The zero-order chi connectivity index (χ0) is 30.5. The summed E-state index contributed by atoms with van der Waals surface area (Å²) in [6.07, 6.45) is 10.2. The van der Waals surface area contributed by atoms with Crippen molar-refractivity contribution in [2.24, 2.45) is 0 Å². The number of hydrogen-bond acceptors (Lipinski definition) is 2. The molecule has 0 N–H and O–H groups in total. The maximum atomic E-state index is 6.21. The molecule has 0 saturated heterocycles. The molecule has 0 aliphatic heterocycles. The summed E-state index contributed by atoms with van der Waals surface area (Å²) in [5.74, 6) is 0. The SMILES string of the molecule is C1=CC2=C(C=CC1)C(c1ccccc1)(c1ccccc1)c1cc(N(c3ccccc3)c3ccc4oc5ccccc5c4c3)ccc12. The van der Waals surface area contributed by atoms with Crippen molar-refractivity contribution in [2.75, 3.05) is 4.90 Å². The van der Waals surface area contributed by atoms with Crippen molar-refractivity contribution in [1.29, 1.82) is 0 Å². The fraction of sp³-hybridized carbons (Fsp3) is 0.0455.